The molecule has 0 bridgehead atoms. The van der Waals surface area contributed by atoms with Gasteiger partial charge in [-0.25, -0.2) is 4.39 Å². The van der Waals surface area contributed by atoms with E-state index >= 15 is 0 Å². The molecule has 0 aromatic heterocycles. The Morgan fingerprint density at radius 3 is 2.58 bits per heavy atom. The molecular formula is C19H22ClFN2O3. The molecule has 0 aliphatic carbocycles. The maximum absolute atomic E-state index is 12.9. The lowest BCUT2D eigenvalue weighted by Gasteiger charge is -2.31. The van der Waals surface area contributed by atoms with Gasteiger partial charge in [-0.3, -0.25) is 4.79 Å². The Morgan fingerprint density at radius 2 is 1.88 bits per heavy atom. The van der Waals surface area contributed by atoms with Crippen LogP contribution in [-0.2, 0) is 16.1 Å². The average molecular weight is 381 g/mol. The maximum Gasteiger partial charge on any atom is 0.244 e. The van der Waals surface area contributed by atoms with Gasteiger partial charge in [-0.1, -0.05) is 18.2 Å². The first-order valence-corrected chi connectivity index (χ1v) is 8.21. The zero-order valence-corrected chi connectivity index (χ0v) is 15.1. The van der Waals surface area contributed by atoms with E-state index in [0.717, 1.165) is 5.56 Å². The molecule has 1 fully saturated rings. The standard InChI is InChI=1S/C19H21FN2O3.ClH/c20-15-6-4-14(5-7-15)13-25-17-3-1-2-16(12-17)22-18(23)19(21)8-10-24-11-9-19;/h1-7,12H,8-11,13,21H2,(H,22,23);1H. The minimum atomic E-state index is -0.900. The van der Waals surface area contributed by atoms with Gasteiger partial charge >= 0.3 is 0 Å². The van der Waals surface area contributed by atoms with Crippen molar-refractivity contribution < 1.29 is 18.7 Å². The minimum absolute atomic E-state index is 0. The van der Waals surface area contributed by atoms with E-state index in [1.165, 1.54) is 12.1 Å². The number of benzene rings is 2. The van der Waals surface area contributed by atoms with Gasteiger partial charge in [0, 0.05) is 25.0 Å². The number of rotatable bonds is 5. The fraction of sp³-hybridized carbons (Fsp3) is 0.316. The molecule has 0 saturated carbocycles. The van der Waals surface area contributed by atoms with E-state index in [1.54, 1.807) is 36.4 Å². The molecule has 3 N–H and O–H groups in total. The van der Waals surface area contributed by atoms with Gasteiger partial charge in [-0.05, 0) is 42.7 Å². The van der Waals surface area contributed by atoms with Crippen LogP contribution in [0.15, 0.2) is 48.5 Å². The fourth-order valence-corrected chi connectivity index (χ4v) is 2.63. The molecule has 0 radical (unpaired) electrons. The van der Waals surface area contributed by atoms with Crippen molar-refractivity contribution in [2.45, 2.75) is 25.0 Å². The monoisotopic (exact) mass is 380 g/mol. The molecule has 0 unspecified atom stereocenters. The first-order valence-electron chi connectivity index (χ1n) is 8.21. The van der Waals surface area contributed by atoms with Crippen molar-refractivity contribution in [2.75, 3.05) is 18.5 Å². The van der Waals surface area contributed by atoms with Crippen LogP contribution in [0.1, 0.15) is 18.4 Å². The Morgan fingerprint density at radius 1 is 1.19 bits per heavy atom. The molecule has 1 saturated heterocycles. The van der Waals surface area contributed by atoms with Crippen LogP contribution >= 0.6 is 12.4 Å². The molecular weight excluding hydrogens is 359 g/mol. The van der Waals surface area contributed by atoms with Crippen molar-refractivity contribution in [3.8, 4) is 5.75 Å². The van der Waals surface area contributed by atoms with E-state index in [0.29, 0.717) is 44.1 Å². The Balaban J connectivity index is 0.00000243. The number of halogens is 2. The van der Waals surface area contributed by atoms with Crippen LogP contribution in [-0.4, -0.2) is 24.7 Å². The van der Waals surface area contributed by atoms with Crippen LogP contribution in [0.5, 0.6) is 5.75 Å². The van der Waals surface area contributed by atoms with E-state index in [9.17, 15) is 9.18 Å². The van der Waals surface area contributed by atoms with Crippen LogP contribution in [0.2, 0.25) is 0 Å². The third-order valence-electron chi connectivity index (χ3n) is 4.25. The second kappa shape index (κ2) is 8.98. The van der Waals surface area contributed by atoms with Crippen molar-refractivity contribution in [3.63, 3.8) is 0 Å². The van der Waals surface area contributed by atoms with E-state index in [-0.39, 0.29) is 24.1 Å². The molecule has 0 atom stereocenters. The number of nitrogens with one attached hydrogen (secondary N) is 1. The lowest BCUT2D eigenvalue weighted by molar-refractivity contribution is -0.124. The van der Waals surface area contributed by atoms with Crippen LogP contribution in [0, 0.1) is 5.82 Å². The summed E-state index contributed by atoms with van der Waals surface area (Å²) in [5, 5.41) is 2.85. The Kier molecular flexibility index (Phi) is 6.97. The van der Waals surface area contributed by atoms with E-state index in [2.05, 4.69) is 5.32 Å². The van der Waals surface area contributed by atoms with Gasteiger partial charge in [0.2, 0.25) is 5.91 Å². The number of ether oxygens (including phenoxy) is 2. The number of carbonyl (C=O) groups excluding carboxylic acids is 1. The van der Waals surface area contributed by atoms with Crippen LogP contribution in [0.25, 0.3) is 0 Å². The summed E-state index contributed by atoms with van der Waals surface area (Å²) in [6.45, 7) is 1.30. The third-order valence-corrected chi connectivity index (χ3v) is 4.25. The Labute approximate surface area is 158 Å². The zero-order chi connectivity index (χ0) is 17.7. The van der Waals surface area contributed by atoms with Crippen molar-refractivity contribution in [3.05, 3.63) is 59.9 Å². The van der Waals surface area contributed by atoms with Crippen LogP contribution in [0.3, 0.4) is 0 Å². The number of amides is 1. The summed E-state index contributed by atoms with van der Waals surface area (Å²) >= 11 is 0. The molecule has 2 aromatic carbocycles. The van der Waals surface area contributed by atoms with Gasteiger partial charge in [0.25, 0.3) is 0 Å². The van der Waals surface area contributed by atoms with E-state index < -0.39 is 5.54 Å². The summed E-state index contributed by atoms with van der Waals surface area (Å²) in [6, 6.07) is 13.2. The summed E-state index contributed by atoms with van der Waals surface area (Å²) in [4.78, 5) is 12.4. The van der Waals surface area contributed by atoms with Gasteiger partial charge in [0.1, 0.15) is 23.7 Å². The highest BCUT2D eigenvalue weighted by molar-refractivity contribution is 5.98. The smallest absolute Gasteiger partial charge is 0.244 e. The highest BCUT2D eigenvalue weighted by Crippen LogP contribution is 2.23. The van der Waals surface area contributed by atoms with Crippen molar-refractivity contribution in [1.82, 2.24) is 0 Å². The summed E-state index contributed by atoms with van der Waals surface area (Å²) in [5.74, 6) is 0.115. The topological polar surface area (TPSA) is 73.6 Å². The molecule has 2 aromatic rings. The zero-order valence-electron chi connectivity index (χ0n) is 14.2. The molecule has 1 aliphatic heterocycles. The number of nitrogens with two attached hydrogens (primary N) is 1. The van der Waals surface area contributed by atoms with Crippen LogP contribution in [0.4, 0.5) is 10.1 Å². The second-order valence-corrected chi connectivity index (χ2v) is 6.17. The minimum Gasteiger partial charge on any atom is -0.489 e. The predicted molar refractivity (Wildman–Crippen MR) is 100 cm³/mol. The second-order valence-electron chi connectivity index (χ2n) is 6.17. The number of carbonyl (C=O) groups is 1. The summed E-state index contributed by atoms with van der Waals surface area (Å²) in [7, 11) is 0. The summed E-state index contributed by atoms with van der Waals surface area (Å²) < 4.78 is 23.9. The quantitative estimate of drug-likeness (QED) is 0.834. The average Bonchev–Trinajstić information content (AvgIpc) is 2.62. The summed E-state index contributed by atoms with van der Waals surface area (Å²) in [5.41, 5.74) is 6.77. The first-order chi connectivity index (χ1) is 12.0. The van der Waals surface area contributed by atoms with Gasteiger partial charge < -0.3 is 20.5 Å². The molecule has 1 heterocycles. The lowest BCUT2D eigenvalue weighted by atomic mass is 9.90. The SMILES string of the molecule is Cl.NC1(C(=O)Nc2cccc(OCc3ccc(F)cc3)c2)CCOCC1. The van der Waals surface area contributed by atoms with Gasteiger partial charge in [-0.2, -0.15) is 0 Å². The fourth-order valence-electron chi connectivity index (χ4n) is 2.63. The Hall–Kier alpha value is -2.15. The molecule has 7 heteroatoms. The van der Waals surface area contributed by atoms with Gasteiger partial charge in [-0.15, -0.1) is 12.4 Å². The maximum atomic E-state index is 12.9. The van der Waals surface area contributed by atoms with Gasteiger partial charge in [0.05, 0.1) is 0 Å². The highest BCUT2D eigenvalue weighted by atomic mass is 35.5. The van der Waals surface area contributed by atoms with E-state index in [1.807, 2.05) is 0 Å². The Bertz CT molecular complexity index is 734. The van der Waals surface area contributed by atoms with Crippen molar-refractivity contribution >= 4 is 24.0 Å². The van der Waals surface area contributed by atoms with E-state index in [4.69, 9.17) is 15.2 Å². The number of hydrogen-bond donors (Lipinski definition) is 2. The number of hydrogen-bond acceptors (Lipinski definition) is 4. The molecule has 26 heavy (non-hydrogen) atoms. The normalized spacial score (nSPS) is 15.6. The molecule has 140 valence electrons. The van der Waals surface area contributed by atoms with Crippen molar-refractivity contribution in [1.29, 1.82) is 0 Å². The molecule has 0 spiro atoms. The predicted octanol–water partition coefficient (Wildman–Crippen LogP) is 3.27. The lowest BCUT2D eigenvalue weighted by Crippen LogP contribution is -2.54. The molecule has 5 nitrogen and oxygen atoms in total. The highest BCUT2D eigenvalue weighted by Gasteiger charge is 2.35. The van der Waals surface area contributed by atoms with Gasteiger partial charge in [0.15, 0.2) is 0 Å². The van der Waals surface area contributed by atoms with Crippen LogP contribution < -0.4 is 15.8 Å². The first kappa shape index (κ1) is 20.2. The summed E-state index contributed by atoms with van der Waals surface area (Å²) in [6.07, 6.45) is 0.999. The molecule has 3 rings (SSSR count). The molecule has 1 amide bonds. The largest absolute Gasteiger partial charge is 0.489 e. The third kappa shape index (κ3) is 5.17. The van der Waals surface area contributed by atoms with Crippen molar-refractivity contribution in [2.24, 2.45) is 5.73 Å². The molecule has 1 aliphatic rings. The number of anilines is 1.